The number of anilines is 1. The maximum absolute atomic E-state index is 12.5. The Balaban J connectivity index is 2.15. The summed E-state index contributed by atoms with van der Waals surface area (Å²) >= 11 is 8.12. The van der Waals surface area contributed by atoms with E-state index in [9.17, 15) is 14.9 Å². The predicted molar refractivity (Wildman–Crippen MR) is 120 cm³/mol. The number of nitrogens with zero attached hydrogens (tertiary/aromatic N) is 1. The van der Waals surface area contributed by atoms with Crippen LogP contribution in [0.25, 0.3) is 6.08 Å². The van der Waals surface area contributed by atoms with E-state index in [1.54, 1.807) is 50.2 Å². The second-order valence-corrected chi connectivity index (χ2v) is 7.39. The summed E-state index contributed by atoms with van der Waals surface area (Å²) in [4.78, 5) is 23.9. The van der Waals surface area contributed by atoms with Gasteiger partial charge in [-0.25, -0.2) is 4.79 Å². The van der Waals surface area contributed by atoms with E-state index in [0.29, 0.717) is 22.0 Å². The van der Waals surface area contributed by atoms with E-state index in [1.165, 1.54) is 6.08 Å². The number of hydrogen-bond donors (Lipinski definition) is 1. The van der Waals surface area contributed by atoms with Gasteiger partial charge >= 0.3 is 5.97 Å². The van der Waals surface area contributed by atoms with Crippen LogP contribution in [0, 0.1) is 21.8 Å². The first kappa shape index (κ1) is 22.7. The number of amides is 1. The van der Waals surface area contributed by atoms with Gasteiger partial charge in [0.1, 0.15) is 17.4 Å². The first-order chi connectivity index (χ1) is 13.8. The van der Waals surface area contributed by atoms with Gasteiger partial charge in [-0.2, -0.15) is 5.26 Å². The van der Waals surface area contributed by atoms with Crippen molar-refractivity contribution in [2.24, 2.45) is 0 Å². The number of esters is 1. The highest BCUT2D eigenvalue weighted by molar-refractivity contribution is 14.1. The molecule has 0 saturated carbocycles. The van der Waals surface area contributed by atoms with E-state index in [0.717, 1.165) is 9.13 Å². The summed E-state index contributed by atoms with van der Waals surface area (Å²) < 4.78 is 11.0. The minimum absolute atomic E-state index is 0.0552. The van der Waals surface area contributed by atoms with Gasteiger partial charge in [0.05, 0.1) is 10.2 Å². The average Bonchev–Trinajstić information content (AvgIpc) is 2.69. The second kappa shape index (κ2) is 10.8. The molecular formula is C21H18ClIN2O4. The van der Waals surface area contributed by atoms with Crippen molar-refractivity contribution in [2.45, 2.75) is 13.8 Å². The normalized spacial score (nSPS) is 10.8. The molecule has 0 spiro atoms. The molecule has 0 atom stereocenters. The quantitative estimate of drug-likeness (QED) is 0.245. The van der Waals surface area contributed by atoms with Crippen LogP contribution in [-0.4, -0.2) is 25.1 Å². The number of nitrogens with one attached hydrogen (secondary N) is 1. The summed E-state index contributed by atoms with van der Waals surface area (Å²) in [7, 11) is 0. The molecule has 2 aromatic carbocycles. The lowest BCUT2D eigenvalue weighted by Crippen LogP contribution is -2.15. The van der Waals surface area contributed by atoms with E-state index in [2.05, 4.69) is 27.9 Å². The van der Waals surface area contributed by atoms with Crippen LogP contribution in [0.1, 0.15) is 18.1 Å². The highest BCUT2D eigenvalue weighted by Gasteiger charge is 2.13. The van der Waals surface area contributed by atoms with Gasteiger partial charge in [-0.05, 0) is 77.9 Å². The Bertz CT molecular complexity index is 999. The van der Waals surface area contributed by atoms with Crippen molar-refractivity contribution in [3.05, 3.63) is 61.7 Å². The number of carbonyl (C=O) groups excluding carboxylic acids is 2. The van der Waals surface area contributed by atoms with Crippen LogP contribution in [0.2, 0.25) is 5.02 Å². The van der Waals surface area contributed by atoms with Crippen LogP contribution >= 0.6 is 34.2 Å². The predicted octanol–water partition coefficient (Wildman–Crippen LogP) is 4.74. The monoisotopic (exact) mass is 524 g/mol. The zero-order valence-corrected chi connectivity index (χ0v) is 18.7. The summed E-state index contributed by atoms with van der Waals surface area (Å²) in [6, 6.07) is 12.2. The molecule has 6 nitrogen and oxygen atoms in total. The van der Waals surface area contributed by atoms with E-state index in [1.807, 2.05) is 6.07 Å². The van der Waals surface area contributed by atoms with Gasteiger partial charge < -0.3 is 14.8 Å². The van der Waals surface area contributed by atoms with Crippen LogP contribution in [0.3, 0.4) is 0 Å². The van der Waals surface area contributed by atoms with Crippen LogP contribution in [0.4, 0.5) is 5.69 Å². The van der Waals surface area contributed by atoms with Crippen molar-refractivity contribution >= 4 is 57.8 Å². The Kier molecular flexibility index (Phi) is 8.49. The van der Waals surface area contributed by atoms with Crippen molar-refractivity contribution in [1.82, 2.24) is 0 Å². The first-order valence-corrected chi connectivity index (χ1v) is 10.1. The van der Waals surface area contributed by atoms with E-state index >= 15 is 0 Å². The Morgan fingerprint density at radius 3 is 2.72 bits per heavy atom. The molecule has 0 saturated heterocycles. The summed E-state index contributed by atoms with van der Waals surface area (Å²) in [5, 5.41) is 12.6. The minimum atomic E-state index is -0.532. The molecule has 8 heteroatoms. The van der Waals surface area contributed by atoms with Gasteiger partial charge in [0.15, 0.2) is 6.61 Å². The fourth-order valence-corrected chi connectivity index (χ4v) is 3.18. The van der Waals surface area contributed by atoms with E-state index in [4.69, 9.17) is 21.1 Å². The molecule has 150 valence electrons. The van der Waals surface area contributed by atoms with Gasteiger partial charge in [0, 0.05) is 10.7 Å². The third-order valence-corrected chi connectivity index (χ3v) is 5.05. The lowest BCUT2D eigenvalue weighted by molar-refractivity contribution is -0.145. The summed E-state index contributed by atoms with van der Waals surface area (Å²) in [5.74, 6) is -0.476. The van der Waals surface area contributed by atoms with Crippen LogP contribution in [0.15, 0.2) is 42.0 Å². The summed E-state index contributed by atoms with van der Waals surface area (Å²) in [6.07, 6.45) is 1.48. The molecule has 0 bridgehead atoms. The fourth-order valence-electron chi connectivity index (χ4n) is 2.31. The van der Waals surface area contributed by atoms with Crippen molar-refractivity contribution in [3.8, 4) is 11.8 Å². The molecule has 2 rings (SSSR count). The topological polar surface area (TPSA) is 88.4 Å². The molecule has 1 N–H and O–H groups in total. The van der Waals surface area contributed by atoms with Gasteiger partial charge in [0.2, 0.25) is 0 Å². The van der Waals surface area contributed by atoms with Crippen molar-refractivity contribution in [1.29, 1.82) is 5.26 Å². The van der Waals surface area contributed by atoms with Crippen molar-refractivity contribution in [3.63, 3.8) is 0 Å². The molecular weight excluding hydrogens is 507 g/mol. The smallest absolute Gasteiger partial charge is 0.344 e. The van der Waals surface area contributed by atoms with Gasteiger partial charge in [-0.3, -0.25) is 4.79 Å². The number of ether oxygens (including phenoxy) is 2. The molecule has 0 aliphatic heterocycles. The third-order valence-electron chi connectivity index (χ3n) is 3.80. The Hall–Kier alpha value is -2.57. The summed E-state index contributed by atoms with van der Waals surface area (Å²) in [5.41, 5.74) is 1.85. The fraction of sp³-hybridized carbons (Fsp3) is 0.190. The molecule has 1 amide bonds. The summed E-state index contributed by atoms with van der Waals surface area (Å²) in [6.45, 7) is 3.60. The zero-order chi connectivity index (χ0) is 21.4. The minimum Gasteiger partial charge on any atom is -0.481 e. The number of nitriles is 1. The SMILES string of the molecule is CCOC(=O)COc1ccc(/C=C(/C#N)C(=O)Nc2cccc(Cl)c2C)cc1I. The molecule has 29 heavy (non-hydrogen) atoms. The van der Waals surface area contributed by atoms with Crippen LogP contribution < -0.4 is 10.1 Å². The number of rotatable bonds is 7. The van der Waals surface area contributed by atoms with Crippen LogP contribution in [-0.2, 0) is 14.3 Å². The Labute approximate surface area is 187 Å². The molecule has 0 radical (unpaired) electrons. The molecule has 2 aromatic rings. The highest BCUT2D eigenvalue weighted by atomic mass is 127. The van der Waals surface area contributed by atoms with Gasteiger partial charge in [-0.1, -0.05) is 23.7 Å². The molecule has 0 fully saturated rings. The molecule has 0 aliphatic rings. The maximum Gasteiger partial charge on any atom is 0.344 e. The maximum atomic E-state index is 12.5. The Morgan fingerprint density at radius 2 is 2.07 bits per heavy atom. The van der Waals surface area contributed by atoms with Gasteiger partial charge in [0.25, 0.3) is 5.91 Å². The lowest BCUT2D eigenvalue weighted by atomic mass is 10.1. The van der Waals surface area contributed by atoms with Crippen molar-refractivity contribution in [2.75, 3.05) is 18.5 Å². The zero-order valence-electron chi connectivity index (χ0n) is 15.8. The third kappa shape index (κ3) is 6.48. The number of benzene rings is 2. The van der Waals surface area contributed by atoms with E-state index < -0.39 is 11.9 Å². The number of halogens is 2. The van der Waals surface area contributed by atoms with Crippen molar-refractivity contribution < 1.29 is 19.1 Å². The lowest BCUT2D eigenvalue weighted by Gasteiger charge is -2.10. The van der Waals surface area contributed by atoms with Gasteiger partial charge in [-0.15, -0.1) is 0 Å². The number of hydrogen-bond acceptors (Lipinski definition) is 5. The standard InChI is InChI=1S/C21H18ClIN2O4/c1-3-28-20(26)12-29-19-8-7-14(10-17(19)23)9-15(11-24)21(27)25-18-6-4-5-16(22)13(18)2/h4-10H,3,12H2,1-2H3,(H,25,27)/b15-9-. The first-order valence-electron chi connectivity index (χ1n) is 8.62. The number of carbonyl (C=O) groups is 2. The average molecular weight is 525 g/mol. The Morgan fingerprint density at radius 1 is 1.31 bits per heavy atom. The second-order valence-electron chi connectivity index (χ2n) is 5.82. The molecule has 0 aliphatic carbocycles. The largest absolute Gasteiger partial charge is 0.481 e. The molecule has 0 aromatic heterocycles. The molecule has 0 unspecified atom stereocenters. The highest BCUT2D eigenvalue weighted by Crippen LogP contribution is 2.25. The molecule has 0 heterocycles. The van der Waals surface area contributed by atoms with Crippen LogP contribution in [0.5, 0.6) is 5.75 Å². The van der Waals surface area contributed by atoms with E-state index in [-0.39, 0.29) is 18.8 Å².